The number of morpholine rings is 1. The molecule has 2 aromatic carbocycles. The Bertz CT molecular complexity index is 1040. The minimum absolute atomic E-state index is 0. The molecule has 0 aliphatic carbocycles. The maximum absolute atomic E-state index is 13.3. The van der Waals surface area contributed by atoms with Crippen LogP contribution in [0.2, 0.25) is 5.02 Å². The predicted molar refractivity (Wildman–Crippen MR) is 145 cm³/mol. The lowest BCUT2D eigenvalue weighted by Crippen LogP contribution is -2.43. The zero-order valence-electron chi connectivity index (χ0n) is 18.4. The summed E-state index contributed by atoms with van der Waals surface area (Å²) < 4.78 is 6.57. The van der Waals surface area contributed by atoms with E-state index in [0.717, 1.165) is 63.9 Å². The number of aromatic nitrogens is 1. The fourth-order valence-corrected chi connectivity index (χ4v) is 5.98. The van der Waals surface area contributed by atoms with Crippen molar-refractivity contribution in [1.82, 2.24) is 9.88 Å². The second-order valence-corrected chi connectivity index (χ2v) is 10.9. The largest absolute Gasteiger partial charge is 0.379 e. The molecule has 0 bridgehead atoms. The van der Waals surface area contributed by atoms with E-state index in [1.807, 2.05) is 35.2 Å². The first-order valence-corrected chi connectivity index (χ1v) is 14.0. The van der Waals surface area contributed by atoms with Crippen LogP contribution in [0.3, 0.4) is 0 Å². The van der Waals surface area contributed by atoms with Crippen LogP contribution in [-0.2, 0) is 9.53 Å². The normalized spacial score (nSPS) is 14.2. The third-order valence-corrected chi connectivity index (χ3v) is 8.29. The maximum atomic E-state index is 13.3. The van der Waals surface area contributed by atoms with Crippen LogP contribution >= 0.6 is 58.9 Å². The number of carbonyl (C=O) groups is 1. The highest BCUT2D eigenvalue weighted by Gasteiger charge is 2.21. The molecule has 10 heteroatoms. The van der Waals surface area contributed by atoms with Crippen molar-refractivity contribution in [3.8, 4) is 0 Å². The minimum atomic E-state index is 0. The Hall–Kier alpha value is -1.000. The van der Waals surface area contributed by atoms with Crippen LogP contribution in [0.5, 0.6) is 0 Å². The lowest BCUT2D eigenvalue weighted by molar-refractivity contribution is -0.118. The van der Waals surface area contributed by atoms with Gasteiger partial charge in [0.1, 0.15) is 0 Å². The van der Waals surface area contributed by atoms with E-state index >= 15 is 0 Å². The molecule has 1 fully saturated rings. The topological polar surface area (TPSA) is 45.7 Å². The van der Waals surface area contributed by atoms with E-state index in [4.69, 9.17) is 21.3 Å². The van der Waals surface area contributed by atoms with E-state index in [0.29, 0.717) is 13.0 Å². The summed E-state index contributed by atoms with van der Waals surface area (Å²) in [6.45, 7) is 4.79. The summed E-state index contributed by atoms with van der Waals surface area (Å²) in [5, 5.41) is 1.51. The van der Waals surface area contributed by atoms with E-state index in [1.54, 1.807) is 34.9 Å². The van der Waals surface area contributed by atoms with Crippen molar-refractivity contribution in [2.45, 2.75) is 16.2 Å². The third-order valence-electron chi connectivity index (χ3n) is 5.26. The molecule has 0 radical (unpaired) electrons. The zero-order chi connectivity index (χ0) is 22.3. The number of halogens is 2. The van der Waals surface area contributed by atoms with Gasteiger partial charge < -0.3 is 4.74 Å². The monoisotopic (exact) mass is 543 g/mol. The molecule has 5 nitrogen and oxygen atoms in total. The molecular formula is C23H27Cl2N3O2S3. The van der Waals surface area contributed by atoms with E-state index < -0.39 is 0 Å². The fourth-order valence-electron chi connectivity index (χ4n) is 3.45. The molecule has 178 valence electrons. The summed E-state index contributed by atoms with van der Waals surface area (Å²) in [6.07, 6.45) is 2.53. The molecule has 0 unspecified atom stereocenters. The number of ether oxygens (including phenoxy) is 1. The van der Waals surface area contributed by atoms with E-state index in [-0.39, 0.29) is 18.3 Å². The van der Waals surface area contributed by atoms with E-state index in [1.165, 1.54) is 4.90 Å². The van der Waals surface area contributed by atoms with Gasteiger partial charge in [-0.2, -0.15) is 0 Å². The van der Waals surface area contributed by atoms with Gasteiger partial charge >= 0.3 is 0 Å². The summed E-state index contributed by atoms with van der Waals surface area (Å²) in [6, 6.07) is 14.0. The van der Waals surface area contributed by atoms with Gasteiger partial charge in [-0.25, -0.2) is 4.98 Å². The summed E-state index contributed by atoms with van der Waals surface area (Å²) in [5.41, 5.74) is 0.947. The first-order valence-electron chi connectivity index (χ1n) is 10.6. The SMILES string of the molecule is CSc1ccc2nc(N(CCN3CCOCC3)C(=O)CCSc3ccc(Cl)cc3)sc2c1.Cl. The van der Waals surface area contributed by atoms with Gasteiger partial charge in [0, 0.05) is 53.2 Å². The minimum Gasteiger partial charge on any atom is -0.379 e. The molecule has 0 N–H and O–H groups in total. The molecular weight excluding hydrogens is 517 g/mol. The van der Waals surface area contributed by atoms with Crippen molar-refractivity contribution >= 4 is 80.1 Å². The molecule has 33 heavy (non-hydrogen) atoms. The Labute approximate surface area is 218 Å². The summed E-state index contributed by atoms with van der Waals surface area (Å²) in [5.74, 6) is 0.833. The lowest BCUT2D eigenvalue weighted by Gasteiger charge is -2.29. The number of thiazole rings is 1. The number of nitrogens with zero attached hydrogens (tertiary/aromatic N) is 3. The summed E-state index contributed by atoms with van der Waals surface area (Å²) in [4.78, 5) is 24.6. The molecule has 1 saturated heterocycles. The molecule has 3 aromatic rings. The number of hydrogen-bond acceptors (Lipinski definition) is 7. The van der Waals surface area contributed by atoms with Crippen LogP contribution in [0.15, 0.2) is 52.3 Å². The Balaban J connectivity index is 0.00000306. The van der Waals surface area contributed by atoms with Crippen LogP contribution in [0, 0.1) is 0 Å². The van der Waals surface area contributed by atoms with Gasteiger partial charge in [-0.15, -0.1) is 35.9 Å². The molecule has 0 atom stereocenters. The second-order valence-electron chi connectivity index (χ2n) is 7.38. The Morgan fingerprint density at radius 3 is 2.64 bits per heavy atom. The summed E-state index contributed by atoms with van der Waals surface area (Å²) in [7, 11) is 0. The fraction of sp³-hybridized carbons (Fsp3) is 0.391. The van der Waals surface area contributed by atoms with Crippen LogP contribution in [0.1, 0.15) is 6.42 Å². The van der Waals surface area contributed by atoms with Crippen molar-refractivity contribution in [2.75, 3.05) is 56.3 Å². The van der Waals surface area contributed by atoms with Gasteiger partial charge in [-0.1, -0.05) is 22.9 Å². The Morgan fingerprint density at radius 1 is 1.18 bits per heavy atom. The van der Waals surface area contributed by atoms with Crippen LogP contribution < -0.4 is 4.90 Å². The summed E-state index contributed by atoms with van der Waals surface area (Å²) >= 11 is 11.0. The van der Waals surface area contributed by atoms with Gasteiger partial charge in [-0.05, 0) is 48.7 Å². The zero-order valence-corrected chi connectivity index (χ0v) is 22.4. The standard InChI is InChI=1S/C23H26ClN3O2S3.ClH/c1-30-19-6-7-20-21(16-19)32-23(25-20)27(10-9-26-11-13-29-14-12-26)22(28)8-15-31-18-4-2-17(24)3-5-18;/h2-7,16H,8-15H2,1H3;1H. The lowest BCUT2D eigenvalue weighted by atomic mass is 10.3. The average molecular weight is 545 g/mol. The van der Waals surface area contributed by atoms with Crippen LogP contribution in [0.25, 0.3) is 10.2 Å². The van der Waals surface area contributed by atoms with Gasteiger partial charge in [0.15, 0.2) is 5.13 Å². The molecule has 1 aromatic heterocycles. The number of amides is 1. The number of rotatable bonds is 9. The van der Waals surface area contributed by atoms with Crippen LogP contribution in [0.4, 0.5) is 5.13 Å². The molecule has 1 aliphatic heterocycles. The third kappa shape index (κ3) is 7.49. The molecule has 1 aliphatic rings. The van der Waals surface area contributed by atoms with Crippen molar-refractivity contribution in [3.63, 3.8) is 0 Å². The van der Waals surface area contributed by atoms with Crippen LogP contribution in [-0.4, -0.2) is 67.2 Å². The molecule has 0 spiro atoms. The Kier molecular flexibility index (Phi) is 10.6. The quantitative estimate of drug-likeness (QED) is 0.311. The first-order chi connectivity index (χ1) is 15.6. The molecule has 4 rings (SSSR count). The number of hydrogen-bond donors (Lipinski definition) is 0. The second kappa shape index (κ2) is 13.2. The van der Waals surface area contributed by atoms with Gasteiger partial charge in [0.2, 0.25) is 5.91 Å². The van der Waals surface area contributed by atoms with Gasteiger partial charge in [0.25, 0.3) is 0 Å². The number of benzene rings is 2. The first kappa shape index (κ1) is 26.6. The average Bonchev–Trinajstić information content (AvgIpc) is 3.24. The van der Waals surface area contributed by atoms with E-state index in [9.17, 15) is 4.79 Å². The van der Waals surface area contributed by atoms with Crippen molar-refractivity contribution in [2.24, 2.45) is 0 Å². The molecule has 2 heterocycles. The highest BCUT2D eigenvalue weighted by molar-refractivity contribution is 7.99. The van der Waals surface area contributed by atoms with Crippen molar-refractivity contribution in [3.05, 3.63) is 47.5 Å². The highest BCUT2D eigenvalue weighted by Crippen LogP contribution is 2.32. The Morgan fingerprint density at radius 2 is 1.91 bits per heavy atom. The molecule has 0 saturated carbocycles. The number of anilines is 1. The number of fused-ring (bicyclic) bond motifs is 1. The smallest absolute Gasteiger partial charge is 0.229 e. The number of thioether (sulfide) groups is 2. The van der Waals surface area contributed by atoms with Gasteiger partial charge in [0.05, 0.1) is 23.4 Å². The van der Waals surface area contributed by atoms with Crippen molar-refractivity contribution in [1.29, 1.82) is 0 Å². The molecule has 1 amide bonds. The predicted octanol–water partition coefficient (Wildman–Crippen LogP) is 5.94. The van der Waals surface area contributed by atoms with Crippen molar-refractivity contribution < 1.29 is 9.53 Å². The van der Waals surface area contributed by atoms with Gasteiger partial charge in [-0.3, -0.25) is 14.6 Å². The maximum Gasteiger partial charge on any atom is 0.229 e. The number of carbonyl (C=O) groups excluding carboxylic acids is 1. The van der Waals surface area contributed by atoms with E-state index in [2.05, 4.69) is 23.3 Å². The highest BCUT2D eigenvalue weighted by atomic mass is 35.5.